The zero-order valence-corrected chi connectivity index (χ0v) is 18.5. The van der Waals surface area contributed by atoms with E-state index < -0.39 is 91.4 Å². The molecule has 1 N–H and O–H groups in total. The van der Waals surface area contributed by atoms with Gasteiger partial charge in [0.15, 0.2) is 17.2 Å². The zero-order chi connectivity index (χ0) is 25.4. The van der Waals surface area contributed by atoms with E-state index in [1.54, 1.807) is 27.7 Å². The molecule has 0 unspecified atom stereocenters. The minimum Gasteiger partial charge on any atom is -0.638 e. The average molecular weight is 504 g/mol. The summed E-state index contributed by atoms with van der Waals surface area (Å²) in [6.07, 6.45) is 0. The molecule has 0 saturated heterocycles. The third-order valence-electron chi connectivity index (χ3n) is 4.36. The maximum atomic E-state index is 14.4. The van der Waals surface area contributed by atoms with Crippen molar-refractivity contribution in [2.75, 3.05) is 0 Å². The van der Waals surface area contributed by atoms with Crippen LogP contribution in [0.2, 0.25) is 9.56 Å². The fourth-order valence-electron chi connectivity index (χ4n) is 2.89. The van der Waals surface area contributed by atoms with Crippen molar-refractivity contribution in [1.82, 2.24) is 0 Å². The highest BCUT2D eigenvalue weighted by Crippen LogP contribution is 2.37. The van der Waals surface area contributed by atoms with Crippen LogP contribution in [-0.2, 0) is 0 Å². The molecule has 15 heteroatoms. The van der Waals surface area contributed by atoms with Gasteiger partial charge in [0, 0.05) is 0 Å². The first-order chi connectivity index (χ1) is 15.2. The smallest absolute Gasteiger partial charge is 0.638 e. The van der Waals surface area contributed by atoms with E-state index in [4.69, 9.17) is 3.79 Å². The van der Waals surface area contributed by atoms with Crippen molar-refractivity contribution in [2.24, 2.45) is 0 Å². The maximum Gasteiger partial charge on any atom is 0.785 e. The van der Waals surface area contributed by atoms with Crippen molar-refractivity contribution >= 4 is 21.8 Å². The van der Waals surface area contributed by atoms with Crippen LogP contribution in [0.15, 0.2) is 0 Å². The molecule has 0 aliphatic rings. The average Bonchev–Trinajstić information content (AvgIpc) is 2.75. The van der Waals surface area contributed by atoms with E-state index in [9.17, 15) is 44.5 Å². The number of rotatable bonds is 8. The predicted octanol–water partition coefficient (Wildman–Crippen LogP) is 5.56. The second-order valence-electron chi connectivity index (χ2n) is 7.43. The first-order valence-corrected chi connectivity index (χ1v) is 11.1. The topological polar surface area (TPSA) is 47.9 Å². The van der Waals surface area contributed by atoms with Crippen molar-refractivity contribution in [2.45, 2.75) is 37.3 Å². The molecule has 0 heterocycles. The normalized spacial score (nSPS) is 11.3. The Kier molecular flexibility index (Phi) is 8.48. The fraction of sp³-hybridized carbons (Fsp3) is 0.333. The van der Waals surface area contributed by atoms with Gasteiger partial charge in [0.05, 0.1) is 0 Å². The molecule has 0 spiro atoms. The highest BCUT2D eigenvalue weighted by Gasteiger charge is 2.38. The van der Waals surface area contributed by atoms with E-state index in [1.807, 2.05) is 0 Å². The van der Waals surface area contributed by atoms with E-state index >= 15 is 0 Å². The first-order valence-electron chi connectivity index (χ1n) is 9.25. The molecular formula is C18H15AlBF9O4. The van der Waals surface area contributed by atoms with Gasteiger partial charge in [-0.3, -0.25) is 0 Å². The largest absolute Gasteiger partial charge is 0.785 e. The molecule has 2 aromatic rings. The molecule has 0 amide bonds. The molecule has 4 nitrogen and oxygen atoms in total. The summed E-state index contributed by atoms with van der Waals surface area (Å²) in [5.74, 6) is -26.4. The summed E-state index contributed by atoms with van der Waals surface area (Å²) < 4.78 is 137. The van der Waals surface area contributed by atoms with Gasteiger partial charge in [0.1, 0.15) is 0 Å². The van der Waals surface area contributed by atoms with Gasteiger partial charge in [-0.25, -0.2) is 13.2 Å². The Morgan fingerprint density at radius 1 is 0.545 bits per heavy atom. The van der Waals surface area contributed by atoms with Crippen LogP contribution in [0.1, 0.15) is 27.7 Å². The Bertz CT molecular complexity index is 989. The van der Waals surface area contributed by atoms with E-state index in [1.165, 1.54) is 0 Å². The van der Waals surface area contributed by atoms with E-state index in [2.05, 4.69) is 9.31 Å². The summed E-state index contributed by atoms with van der Waals surface area (Å²) in [7, 11) is -3.15. The lowest BCUT2D eigenvalue weighted by atomic mass is 10.2. The molecule has 0 fully saturated rings. The number of hydrogen-bond acceptors (Lipinski definition) is 4. The summed E-state index contributed by atoms with van der Waals surface area (Å²) in [5.41, 5.74) is 0. The molecule has 0 bridgehead atoms. The Morgan fingerprint density at radius 2 is 0.818 bits per heavy atom. The third-order valence-corrected chi connectivity index (χ3v) is 7.49. The summed E-state index contributed by atoms with van der Waals surface area (Å²) >= 11 is -2.43. The van der Waals surface area contributed by atoms with Gasteiger partial charge >= 0.3 is 21.8 Å². The van der Waals surface area contributed by atoms with Gasteiger partial charge in [0.25, 0.3) is 0 Å². The third kappa shape index (κ3) is 5.31. The highest BCUT2D eigenvalue weighted by molar-refractivity contribution is 6.55. The minimum atomic E-state index is -3.15. The molecular weight excluding hydrogens is 489 g/mol. The van der Waals surface area contributed by atoms with Gasteiger partial charge in [-0.05, 0) is 9.56 Å². The van der Waals surface area contributed by atoms with Crippen LogP contribution in [0.5, 0.6) is 17.2 Å². The molecule has 0 aliphatic carbocycles. The molecule has 0 atom stereocenters. The molecule has 2 rings (SSSR count). The SMILES string of the molecule is C[CH](C)[Al]([O]c1c(F)c(F)c(OB(O)Oc2c(F)c(F)c(F)c(F)c2F)c(F)c1F)[CH](C)C. The van der Waals surface area contributed by atoms with E-state index in [0.717, 1.165) is 0 Å². The Hall–Kier alpha value is -2.23. The Balaban J connectivity index is 2.40. The summed E-state index contributed by atoms with van der Waals surface area (Å²) in [6.45, 7) is 6.74. The number of benzene rings is 2. The van der Waals surface area contributed by atoms with Crippen LogP contribution >= 0.6 is 0 Å². The van der Waals surface area contributed by atoms with Crippen molar-refractivity contribution in [3.05, 3.63) is 52.4 Å². The van der Waals surface area contributed by atoms with Crippen LogP contribution in [0.3, 0.4) is 0 Å². The lowest BCUT2D eigenvalue weighted by Gasteiger charge is -2.22. The van der Waals surface area contributed by atoms with Gasteiger partial charge in [-0.1, -0.05) is 27.7 Å². The molecule has 0 aromatic heterocycles. The lowest BCUT2D eigenvalue weighted by molar-refractivity contribution is 0.255. The Labute approximate surface area is 186 Å². The van der Waals surface area contributed by atoms with E-state index in [-0.39, 0.29) is 9.56 Å². The Morgan fingerprint density at radius 3 is 1.15 bits per heavy atom. The molecule has 2 aromatic carbocycles. The summed E-state index contributed by atoms with van der Waals surface area (Å²) in [6, 6.07) is 0. The van der Waals surface area contributed by atoms with Gasteiger partial charge in [-0.2, -0.15) is 26.3 Å². The molecule has 33 heavy (non-hydrogen) atoms. The predicted molar refractivity (Wildman–Crippen MR) is 98.3 cm³/mol. The van der Waals surface area contributed by atoms with Crippen molar-refractivity contribution in [1.29, 1.82) is 0 Å². The van der Waals surface area contributed by atoms with Crippen molar-refractivity contribution in [3.8, 4) is 17.2 Å². The van der Waals surface area contributed by atoms with Crippen LogP contribution < -0.4 is 13.1 Å². The molecule has 180 valence electrons. The maximum absolute atomic E-state index is 14.4. The fourth-order valence-corrected chi connectivity index (χ4v) is 5.45. The van der Waals surface area contributed by atoms with Crippen molar-refractivity contribution < 1.29 is 57.6 Å². The highest BCUT2D eigenvalue weighted by atomic mass is 27.2. The van der Waals surface area contributed by atoms with Crippen LogP contribution in [0, 0.1) is 52.4 Å². The quantitative estimate of drug-likeness (QED) is 0.221. The van der Waals surface area contributed by atoms with Crippen LogP contribution in [0.4, 0.5) is 39.5 Å². The second-order valence-corrected chi connectivity index (χ2v) is 11.3. The van der Waals surface area contributed by atoms with Gasteiger partial charge in [-0.15, -0.1) is 0 Å². The number of halogens is 9. The minimum absolute atomic E-state index is 0.192. The summed E-state index contributed by atoms with van der Waals surface area (Å²) in [4.78, 5) is 0. The van der Waals surface area contributed by atoms with Gasteiger partial charge < -0.3 is 18.1 Å². The van der Waals surface area contributed by atoms with Crippen molar-refractivity contribution in [3.63, 3.8) is 0 Å². The molecule has 0 saturated carbocycles. The van der Waals surface area contributed by atoms with Crippen LogP contribution in [0.25, 0.3) is 0 Å². The van der Waals surface area contributed by atoms with E-state index in [0.29, 0.717) is 0 Å². The molecule has 0 aliphatic heterocycles. The second kappa shape index (κ2) is 10.4. The monoisotopic (exact) mass is 504 g/mol. The standard InChI is InChI=1S/C12H2BF9O4.2C3H7.Al/c14-1-2(15)6(19)11(7(20)3(1)16)25-13(24)26-12-8(21)4(17)10(23)5(18)9(12)22;2*1-3-2;/h23-24H;2*3H,1-2H3;/q;;;+1/p-1. The zero-order valence-electron chi connectivity index (χ0n) is 17.4. The van der Waals surface area contributed by atoms with Gasteiger partial charge in [0.2, 0.25) is 52.4 Å². The first kappa shape index (κ1) is 27.0. The summed E-state index contributed by atoms with van der Waals surface area (Å²) in [5, 5.41) is 9.53. The molecule has 0 radical (unpaired) electrons. The van der Waals surface area contributed by atoms with Crippen LogP contribution in [-0.4, -0.2) is 26.8 Å². The lowest BCUT2D eigenvalue weighted by Crippen LogP contribution is -2.33. The number of hydrogen-bond donors (Lipinski definition) is 1.